The lowest BCUT2D eigenvalue weighted by Crippen LogP contribution is -2.22. The summed E-state index contributed by atoms with van der Waals surface area (Å²) in [5.74, 6) is 5.51. The van der Waals surface area contributed by atoms with Crippen molar-refractivity contribution >= 4 is 17.2 Å². The number of aryl methyl sites for hydroxylation is 1. The first kappa shape index (κ1) is 20.0. The van der Waals surface area contributed by atoms with Gasteiger partial charge in [-0.25, -0.2) is 9.37 Å². The number of carbonyl (C=O) groups excluding carboxylic acids is 1. The maximum Gasteiger partial charge on any atom is 0.277 e. The SMILES string of the molecule is Cc1nnc([C@@](C)(O)C#Cc2ccc3c(c2)-c2nc(C(N)=O)sc2[C@@](C)(F)CO3)o1. The Morgan fingerprint density at radius 3 is 2.87 bits per heavy atom. The lowest BCUT2D eigenvalue weighted by atomic mass is 10.0. The third kappa shape index (κ3) is 3.53. The molecule has 0 spiro atoms. The van der Waals surface area contributed by atoms with Crippen molar-refractivity contribution in [3.8, 4) is 28.8 Å². The predicted molar refractivity (Wildman–Crippen MR) is 106 cm³/mol. The van der Waals surface area contributed by atoms with Crippen LogP contribution in [-0.4, -0.2) is 32.8 Å². The molecule has 0 saturated heterocycles. The molecule has 0 unspecified atom stereocenters. The standard InChI is InChI=1S/C20H17FN4O4S/c1-10-24-25-18(29-10)20(3,27)7-6-11-4-5-13-12(8-11)14-15(19(2,21)9-28-13)30-17(23-14)16(22)26/h4-5,8,27H,9H2,1-3H3,(H2,22,26)/t19-,20-/m0/s1. The van der Waals surface area contributed by atoms with Crippen LogP contribution in [0.15, 0.2) is 22.6 Å². The van der Waals surface area contributed by atoms with Gasteiger partial charge in [-0.1, -0.05) is 11.8 Å². The van der Waals surface area contributed by atoms with Gasteiger partial charge in [-0.05, 0) is 32.0 Å². The number of aliphatic hydroxyl groups is 1. The number of thiazole rings is 1. The van der Waals surface area contributed by atoms with Crippen molar-refractivity contribution in [1.29, 1.82) is 0 Å². The van der Waals surface area contributed by atoms with Crippen LogP contribution in [0.4, 0.5) is 4.39 Å². The second kappa shape index (κ2) is 6.90. The average molecular weight is 428 g/mol. The zero-order chi connectivity index (χ0) is 21.7. The Kier molecular flexibility index (Phi) is 4.60. The molecule has 30 heavy (non-hydrogen) atoms. The van der Waals surface area contributed by atoms with Crippen molar-refractivity contribution in [3.63, 3.8) is 0 Å². The van der Waals surface area contributed by atoms with Crippen molar-refractivity contribution in [2.75, 3.05) is 6.61 Å². The molecular formula is C20H17FN4O4S. The van der Waals surface area contributed by atoms with Gasteiger partial charge >= 0.3 is 0 Å². The summed E-state index contributed by atoms with van der Waals surface area (Å²) in [6.45, 7) is 4.18. The summed E-state index contributed by atoms with van der Waals surface area (Å²) in [5.41, 5.74) is 3.12. The summed E-state index contributed by atoms with van der Waals surface area (Å²) in [7, 11) is 0. The molecule has 0 saturated carbocycles. The van der Waals surface area contributed by atoms with E-state index in [1.165, 1.54) is 13.8 Å². The first-order chi connectivity index (χ1) is 14.1. The molecule has 1 aromatic carbocycles. The molecule has 1 amide bonds. The highest BCUT2D eigenvalue weighted by Gasteiger charge is 2.38. The van der Waals surface area contributed by atoms with E-state index in [0.717, 1.165) is 11.3 Å². The summed E-state index contributed by atoms with van der Waals surface area (Å²) in [4.78, 5) is 16.1. The minimum Gasteiger partial charge on any atom is -0.489 e. The first-order valence-corrected chi connectivity index (χ1v) is 9.72. The number of aromatic nitrogens is 3. The van der Waals surface area contributed by atoms with Crippen LogP contribution in [0.3, 0.4) is 0 Å². The minimum atomic E-state index is -1.84. The molecule has 3 aromatic rings. The van der Waals surface area contributed by atoms with E-state index in [-0.39, 0.29) is 28.1 Å². The van der Waals surface area contributed by atoms with E-state index in [9.17, 15) is 9.90 Å². The molecule has 0 bridgehead atoms. The number of fused-ring (bicyclic) bond motifs is 3. The maximum absolute atomic E-state index is 15.2. The highest BCUT2D eigenvalue weighted by molar-refractivity contribution is 7.14. The summed E-state index contributed by atoms with van der Waals surface area (Å²) in [5, 5.41) is 18.0. The molecule has 8 nitrogen and oxygen atoms in total. The molecule has 4 rings (SSSR count). The number of hydrogen-bond acceptors (Lipinski definition) is 8. The predicted octanol–water partition coefficient (Wildman–Crippen LogP) is 2.44. The van der Waals surface area contributed by atoms with E-state index in [2.05, 4.69) is 27.0 Å². The van der Waals surface area contributed by atoms with Crippen LogP contribution in [0, 0.1) is 18.8 Å². The molecule has 1 aliphatic rings. The van der Waals surface area contributed by atoms with Crippen molar-refractivity contribution in [2.45, 2.75) is 32.0 Å². The number of alkyl halides is 1. The average Bonchev–Trinajstić information content (AvgIpc) is 3.30. The number of carbonyl (C=O) groups is 1. The zero-order valence-corrected chi connectivity index (χ0v) is 17.1. The Balaban J connectivity index is 1.78. The maximum atomic E-state index is 15.2. The summed E-state index contributed by atoms with van der Waals surface area (Å²) in [6, 6.07) is 4.96. The Morgan fingerprint density at radius 1 is 1.43 bits per heavy atom. The number of benzene rings is 1. The monoisotopic (exact) mass is 428 g/mol. The van der Waals surface area contributed by atoms with Gasteiger partial charge < -0.3 is 20.0 Å². The number of rotatable bonds is 2. The lowest BCUT2D eigenvalue weighted by molar-refractivity contribution is 0.0881. The zero-order valence-electron chi connectivity index (χ0n) is 16.3. The van der Waals surface area contributed by atoms with Crippen LogP contribution < -0.4 is 10.5 Å². The fourth-order valence-electron chi connectivity index (χ4n) is 2.90. The normalized spacial score (nSPS) is 19.4. The van der Waals surface area contributed by atoms with Crippen LogP contribution in [0.5, 0.6) is 5.75 Å². The molecule has 2 aromatic heterocycles. The summed E-state index contributed by atoms with van der Waals surface area (Å²) < 4.78 is 26.0. The molecule has 3 N–H and O–H groups in total. The molecule has 0 radical (unpaired) electrons. The smallest absolute Gasteiger partial charge is 0.277 e. The Hall–Kier alpha value is -3.29. The number of nitrogens with zero attached hydrogens (tertiary/aromatic N) is 3. The molecule has 2 atom stereocenters. The number of halogens is 1. The van der Waals surface area contributed by atoms with Crippen LogP contribution in [-0.2, 0) is 11.3 Å². The van der Waals surface area contributed by atoms with Crippen LogP contribution >= 0.6 is 11.3 Å². The van der Waals surface area contributed by atoms with Crippen molar-refractivity contribution in [1.82, 2.24) is 15.2 Å². The van der Waals surface area contributed by atoms with Crippen LogP contribution in [0.1, 0.15) is 45.9 Å². The van der Waals surface area contributed by atoms with E-state index in [1.807, 2.05) is 0 Å². The van der Waals surface area contributed by atoms with Gasteiger partial charge in [0.2, 0.25) is 11.5 Å². The number of amides is 1. The number of nitrogens with two attached hydrogens (primary N) is 1. The first-order valence-electron chi connectivity index (χ1n) is 8.90. The van der Waals surface area contributed by atoms with E-state index in [0.29, 0.717) is 22.8 Å². The molecule has 154 valence electrons. The fraction of sp³-hybridized carbons (Fsp3) is 0.300. The molecule has 3 heterocycles. The third-order valence-electron chi connectivity index (χ3n) is 4.44. The highest BCUT2D eigenvalue weighted by Crippen LogP contribution is 2.45. The van der Waals surface area contributed by atoms with Gasteiger partial charge in [0.1, 0.15) is 12.4 Å². The molecule has 10 heteroatoms. The van der Waals surface area contributed by atoms with Gasteiger partial charge in [0.05, 0.1) is 10.6 Å². The van der Waals surface area contributed by atoms with Gasteiger partial charge in [0.25, 0.3) is 11.8 Å². The Bertz CT molecular complexity index is 1220. The molecule has 1 aliphatic heterocycles. The van der Waals surface area contributed by atoms with Crippen molar-refractivity contribution in [3.05, 3.63) is 45.4 Å². The van der Waals surface area contributed by atoms with Gasteiger partial charge in [0, 0.05) is 18.1 Å². The fourth-order valence-corrected chi connectivity index (χ4v) is 3.85. The van der Waals surface area contributed by atoms with Crippen LogP contribution in [0.25, 0.3) is 11.3 Å². The van der Waals surface area contributed by atoms with Gasteiger partial charge in [-0.3, -0.25) is 4.79 Å². The second-order valence-corrected chi connectivity index (χ2v) is 8.21. The van der Waals surface area contributed by atoms with Gasteiger partial charge in [-0.2, -0.15) is 0 Å². The number of ether oxygens (including phenoxy) is 1. The summed E-state index contributed by atoms with van der Waals surface area (Å²) >= 11 is 0.906. The highest BCUT2D eigenvalue weighted by atomic mass is 32.1. The largest absolute Gasteiger partial charge is 0.489 e. The van der Waals surface area contributed by atoms with E-state index >= 15 is 4.39 Å². The van der Waals surface area contributed by atoms with E-state index in [1.54, 1.807) is 25.1 Å². The van der Waals surface area contributed by atoms with Gasteiger partial charge in [0.15, 0.2) is 10.7 Å². The van der Waals surface area contributed by atoms with E-state index < -0.39 is 17.2 Å². The van der Waals surface area contributed by atoms with Crippen LogP contribution in [0.2, 0.25) is 0 Å². The topological polar surface area (TPSA) is 124 Å². The Morgan fingerprint density at radius 2 is 2.20 bits per heavy atom. The molecule has 0 fully saturated rings. The number of hydrogen-bond donors (Lipinski definition) is 2. The number of primary amides is 1. The molecular weight excluding hydrogens is 411 g/mol. The quantitative estimate of drug-likeness (QED) is 0.601. The third-order valence-corrected chi connectivity index (χ3v) is 5.75. The second-order valence-electron chi connectivity index (χ2n) is 7.21. The van der Waals surface area contributed by atoms with Crippen molar-refractivity contribution in [2.24, 2.45) is 5.73 Å². The van der Waals surface area contributed by atoms with Gasteiger partial charge in [-0.15, -0.1) is 21.5 Å². The Labute approximate surface area is 174 Å². The minimum absolute atomic E-state index is 0.0166. The lowest BCUT2D eigenvalue weighted by Gasteiger charge is -2.16. The molecule has 0 aliphatic carbocycles. The summed E-state index contributed by atoms with van der Waals surface area (Å²) in [6.07, 6.45) is 0. The van der Waals surface area contributed by atoms with E-state index in [4.69, 9.17) is 14.9 Å². The van der Waals surface area contributed by atoms with Crippen molar-refractivity contribution < 1.29 is 23.4 Å².